The second kappa shape index (κ2) is 5.02. The minimum absolute atomic E-state index is 0.237. The zero-order valence-electron chi connectivity index (χ0n) is 10.8. The van der Waals surface area contributed by atoms with Gasteiger partial charge in [-0.3, -0.25) is 4.79 Å². The van der Waals surface area contributed by atoms with Gasteiger partial charge in [-0.05, 0) is 56.8 Å². The van der Waals surface area contributed by atoms with Gasteiger partial charge in [0.15, 0.2) is 0 Å². The molecule has 1 aromatic heterocycles. The summed E-state index contributed by atoms with van der Waals surface area (Å²) >= 11 is 1.61. The Morgan fingerprint density at radius 3 is 2.50 bits per heavy atom. The van der Waals surface area contributed by atoms with Crippen LogP contribution in [0.4, 0.5) is 0 Å². The van der Waals surface area contributed by atoms with Gasteiger partial charge in [0, 0.05) is 18.0 Å². The van der Waals surface area contributed by atoms with Crippen LogP contribution < -0.4 is 5.32 Å². The second-order valence-electron chi connectivity index (χ2n) is 5.46. The number of likely N-dealkylation sites (tertiary alicyclic amines) is 1. The number of amides is 1. The molecule has 3 nitrogen and oxygen atoms in total. The molecule has 1 amide bonds. The molecule has 2 aliphatic heterocycles. The summed E-state index contributed by atoms with van der Waals surface area (Å²) in [5.74, 6) is 1.81. The second-order valence-corrected chi connectivity index (χ2v) is 6.75. The van der Waals surface area contributed by atoms with Gasteiger partial charge in [-0.25, -0.2) is 0 Å². The number of hydrogen-bond donors (Lipinski definition) is 1. The van der Waals surface area contributed by atoms with Crippen LogP contribution in [0.3, 0.4) is 0 Å². The lowest BCUT2D eigenvalue weighted by molar-refractivity contribution is 0.0763. The molecule has 2 atom stereocenters. The first-order valence-corrected chi connectivity index (χ1v) is 7.62. The molecular formula is C14H20N2OS. The van der Waals surface area contributed by atoms with E-state index < -0.39 is 0 Å². The molecule has 0 unspecified atom stereocenters. The summed E-state index contributed by atoms with van der Waals surface area (Å²) < 4.78 is 0. The van der Waals surface area contributed by atoms with E-state index in [1.54, 1.807) is 11.3 Å². The highest BCUT2D eigenvalue weighted by atomic mass is 32.1. The predicted molar refractivity (Wildman–Crippen MR) is 74.0 cm³/mol. The van der Waals surface area contributed by atoms with E-state index in [2.05, 4.69) is 17.1 Å². The Morgan fingerprint density at radius 2 is 1.94 bits per heavy atom. The number of nitrogens with one attached hydrogen (secondary N) is 1. The SMILES string of the molecule is Cc1ccc(C(=O)N2CC[C@@H]3CNC[C@@H]3CC2)s1. The zero-order valence-corrected chi connectivity index (χ0v) is 11.6. The maximum absolute atomic E-state index is 12.4. The Bertz CT molecular complexity index is 429. The Labute approximate surface area is 112 Å². The molecule has 0 radical (unpaired) electrons. The highest BCUT2D eigenvalue weighted by Gasteiger charge is 2.31. The van der Waals surface area contributed by atoms with Crippen LogP contribution in [0.5, 0.6) is 0 Å². The van der Waals surface area contributed by atoms with Crippen LogP contribution in [0.1, 0.15) is 27.4 Å². The van der Waals surface area contributed by atoms with E-state index in [1.807, 2.05) is 12.1 Å². The summed E-state index contributed by atoms with van der Waals surface area (Å²) in [6.45, 7) is 6.20. The normalized spacial score (nSPS) is 27.9. The molecule has 4 heteroatoms. The van der Waals surface area contributed by atoms with Crippen molar-refractivity contribution in [3.05, 3.63) is 21.9 Å². The Balaban J connectivity index is 1.68. The highest BCUT2D eigenvalue weighted by Crippen LogP contribution is 2.28. The lowest BCUT2D eigenvalue weighted by Crippen LogP contribution is -2.32. The van der Waals surface area contributed by atoms with E-state index in [4.69, 9.17) is 0 Å². The summed E-state index contributed by atoms with van der Waals surface area (Å²) in [4.78, 5) is 16.6. The fraction of sp³-hybridized carbons (Fsp3) is 0.643. The number of fused-ring (bicyclic) bond motifs is 1. The highest BCUT2D eigenvalue weighted by molar-refractivity contribution is 7.13. The molecule has 3 rings (SSSR count). The maximum Gasteiger partial charge on any atom is 0.263 e. The van der Waals surface area contributed by atoms with Gasteiger partial charge in [0.1, 0.15) is 0 Å². The number of thiophene rings is 1. The third kappa shape index (κ3) is 2.31. The van der Waals surface area contributed by atoms with E-state index in [1.165, 1.54) is 4.88 Å². The minimum atomic E-state index is 0.237. The molecule has 1 aromatic rings. The van der Waals surface area contributed by atoms with Crippen LogP contribution >= 0.6 is 11.3 Å². The third-order valence-corrected chi connectivity index (χ3v) is 5.25. The van der Waals surface area contributed by atoms with Crippen LogP contribution in [0, 0.1) is 18.8 Å². The monoisotopic (exact) mass is 264 g/mol. The van der Waals surface area contributed by atoms with Gasteiger partial charge in [0.2, 0.25) is 0 Å². The molecule has 2 fully saturated rings. The lowest BCUT2D eigenvalue weighted by Gasteiger charge is -2.20. The molecule has 98 valence electrons. The summed E-state index contributed by atoms with van der Waals surface area (Å²) in [5.41, 5.74) is 0. The zero-order chi connectivity index (χ0) is 12.5. The molecule has 0 aromatic carbocycles. The van der Waals surface area contributed by atoms with E-state index in [-0.39, 0.29) is 5.91 Å². The van der Waals surface area contributed by atoms with Crippen LogP contribution in [0.15, 0.2) is 12.1 Å². The molecule has 2 aliphatic rings. The Hall–Kier alpha value is -0.870. The van der Waals surface area contributed by atoms with Gasteiger partial charge in [0.25, 0.3) is 5.91 Å². The van der Waals surface area contributed by atoms with Gasteiger partial charge < -0.3 is 10.2 Å². The van der Waals surface area contributed by atoms with Gasteiger partial charge in [-0.1, -0.05) is 0 Å². The van der Waals surface area contributed by atoms with Crippen LogP contribution in [0.2, 0.25) is 0 Å². The predicted octanol–water partition coefficient (Wildman–Crippen LogP) is 2.13. The number of rotatable bonds is 1. The Kier molecular flexibility index (Phi) is 3.39. The molecule has 0 spiro atoms. The molecule has 3 heterocycles. The number of carbonyl (C=O) groups excluding carboxylic acids is 1. The van der Waals surface area contributed by atoms with Crippen molar-refractivity contribution in [1.29, 1.82) is 0 Å². The fourth-order valence-corrected chi connectivity index (χ4v) is 3.96. The first kappa shape index (κ1) is 12.2. The number of carbonyl (C=O) groups is 1. The van der Waals surface area contributed by atoms with Gasteiger partial charge in [0.05, 0.1) is 4.88 Å². The maximum atomic E-state index is 12.4. The van der Waals surface area contributed by atoms with Crippen molar-refractivity contribution in [2.75, 3.05) is 26.2 Å². The third-order valence-electron chi connectivity index (χ3n) is 4.26. The van der Waals surface area contributed by atoms with Gasteiger partial charge in [-0.15, -0.1) is 11.3 Å². The number of aryl methyl sites for hydroxylation is 1. The molecule has 2 saturated heterocycles. The standard InChI is InChI=1S/C14H20N2OS/c1-10-2-3-13(18-10)14(17)16-6-4-11-8-15-9-12(11)5-7-16/h2-3,11-12,15H,4-9H2,1H3/t11-,12+. The van der Waals surface area contributed by atoms with Crippen molar-refractivity contribution in [1.82, 2.24) is 10.2 Å². The van der Waals surface area contributed by atoms with Crippen LogP contribution in [0.25, 0.3) is 0 Å². The van der Waals surface area contributed by atoms with Crippen LogP contribution in [-0.4, -0.2) is 37.0 Å². The van der Waals surface area contributed by atoms with Crippen LogP contribution in [-0.2, 0) is 0 Å². The summed E-state index contributed by atoms with van der Waals surface area (Å²) in [7, 11) is 0. The number of hydrogen-bond acceptors (Lipinski definition) is 3. The van der Waals surface area contributed by atoms with Crippen molar-refractivity contribution >= 4 is 17.2 Å². The lowest BCUT2D eigenvalue weighted by atomic mass is 9.92. The smallest absolute Gasteiger partial charge is 0.263 e. The average molecular weight is 264 g/mol. The van der Waals surface area contributed by atoms with E-state index in [0.29, 0.717) is 0 Å². The largest absolute Gasteiger partial charge is 0.338 e. The molecule has 0 bridgehead atoms. The topological polar surface area (TPSA) is 32.3 Å². The van der Waals surface area contributed by atoms with Gasteiger partial charge in [-0.2, -0.15) is 0 Å². The molecule has 0 saturated carbocycles. The average Bonchev–Trinajstić information content (AvgIpc) is 2.94. The minimum Gasteiger partial charge on any atom is -0.338 e. The quantitative estimate of drug-likeness (QED) is 0.843. The molecule has 0 aliphatic carbocycles. The van der Waals surface area contributed by atoms with E-state index in [0.717, 1.165) is 55.7 Å². The number of nitrogens with zero attached hydrogens (tertiary/aromatic N) is 1. The molecular weight excluding hydrogens is 244 g/mol. The summed E-state index contributed by atoms with van der Waals surface area (Å²) in [5, 5.41) is 3.47. The van der Waals surface area contributed by atoms with Crippen molar-refractivity contribution in [2.45, 2.75) is 19.8 Å². The summed E-state index contributed by atoms with van der Waals surface area (Å²) in [6.07, 6.45) is 2.32. The van der Waals surface area contributed by atoms with Gasteiger partial charge >= 0.3 is 0 Å². The fourth-order valence-electron chi connectivity index (χ4n) is 3.13. The molecule has 18 heavy (non-hydrogen) atoms. The van der Waals surface area contributed by atoms with Crippen molar-refractivity contribution in [2.24, 2.45) is 11.8 Å². The van der Waals surface area contributed by atoms with Crippen molar-refractivity contribution < 1.29 is 4.79 Å². The van der Waals surface area contributed by atoms with Crippen molar-refractivity contribution in [3.8, 4) is 0 Å². The first-order valence-electron chi connectivity index (χ1n) is 6.80. The molecule has 1 N–H and O–H groups in total. The van der Waals surface area contributed by atoms with E-state index >= 15 is 0 Å². The van der Waals surface area contributed by atoms with E-state index in [9.17, 15) is 4.79 Å². The van der Waals surface area contributed by atoms with Crippen molar-refractivity contribution in [3.63, 3.8) is 0 Å². The first-order chi connectivity index (χ1) is 8.74. The summed E-state index contributed by atoms with van der Waals surface area (Å²) in [6, 6.07) is 4.00. The Morgan fingerprint density at radius 1 is 1.28 bits per heavy atom.